The van der Waals surface area contributed by atoms with Gasteiger partial charge in [-0.1, -0.05) is 35.9 Å². The molecule has 0 saturated carbocycles. The molecule has 0 aliphatic heterocycles. The van der Waals surface area contributed by atoms with E-state index in [4.69, 9.17) is 21.1 Å². The summed E-state index contributed by atoms with van der Waals surface area (Å²) >= 11 is 7.48. The molecule has 7 heteroatoms. The summed E-state index contributed by atoms with van der Waals surface area (Å²) in [5.41, 5.74) is 1.97. The number of thiazole rings is 1. The smallest absolute Gasteiger partial charge is 0.257 e. The van der Waals surface area contributed by atoms with E-state index in [0.717, 1.165) is 16.3 Å². The highest BCUT2D eigenvalue weighted by atomic mass is 35.5. The molecule has 0 radical (unpaired) electrons. The lowest BCUT2D eigenvalue weighted by molar-refractivity contribution is -0.123. The van der Waals surface area contributed by atoms with Gasteiger partial charge in [-0.05, 0) is 24.3 Å². The molecule has 0 fully saturated rings. The Morgan fingerprint density at radius 1 is 1.15 bits per heavy atom. The van der Waals surface area contributed by atoms with Crippen LogP contribution < -0.4 is 14.8 Å². The van der Waals surface area contributed by atoms with Crippen LogP contribution in [-0.4, -0.2) is 31.2 Å². The number of carbonyl (C=O) groups is 1. The Hall–Kier alpha value is -2.57. The highest BCUT2D eigenvalue weighted by molar-refractivity contribution is 7.13. The van der Waals surface area contributed by atoms with Crippen molar-refractivity contribution < 1.29 is 14.3 Å². The van der Waals surface area contributed by atoms with E-state index < -0.39 is 0 Å². The van der Waals surface area contributed by atoms with Gasteiger partial charge in [0.1, 0.15) is 5.01 Å². The molecular weight excluding hydrogens is 384 g/mol. The number of nitrogens with zero attached hydrogens (tertiary/aromatic N) is 1. The number of carbonyl (C=O) groups excluding carboxylic acids is 1. The minimum absolute atomic E-state index is 0.0620. The number of amides is 1. The van der Waals surface area contributed by atoms with Gasteiger partial charge < -0.3 is 14.8 Å². The van der Waals surface area contributed by atoms with E-state index in [1.165, 1.54) is 0 Å². The number of para-hydroxylation sites is 2. The van der Waals surface area contributed by atoms with Crippen molar-refractivity contribution in [3.63, 3.8) is 0 Å². The van der Waals surface area contributed by atoms with E-state index in [1.807, 2.05) is 41.8 Å². The van der Waals surface area contributed by atoms with Crippen LogP contribution in [0.15, 0.2) is 53.9 Å². The fourth-order valence-electron chi connectivity index (χ4n) is 2.41. The second-order valence-electron chi connectivity index (χ2n) is 5.69. The monoisotopic (exact) mass is 402 g/mol. The zero-order valence-electron chi connectivity index (χ0n) is 14.8. The maximum atomic E-state index is 12.0. The highest BCUT2D eigenvalue weighted by Gasteiger charge is 2.08. The molecular formula is C20H19ClN2O3S. The number of rotatable bonds is 8. The number of hydrogen-bond acceptors (Lipinski definition) is 5. The molecule has 1 N–H and O–H groups in total. The second-order valence-corrected chi connectivity index (χ2v) is 6.98. The maximum absolute atomic E-state index is 12.0. The van der Waals surface area contributed by atoms with Crippen molar-refractivity contribution in [2.24, 2.45) is 0 Å². The first kappa shape index (κ1) is 19.2. The molecule has 2 aromatic carbocycles. The van der Waals surface area contributed by atoms with Crippen LogP contribution in [0.2, 0.25) is 5.02 Å². The number of ether oxygens (including phenoxy) is 2. The Labute approximate surface area is 166 Å². The molecule has 0 atom stereocenters. The van der Waals surface area contributed by atoms with Crippen LogP contribution in [0.3, 0.4) is 0 Å². The summed E-state index contributed by atoms with van der Waals surface area (Å²) in [5, 5.41) is 6.48. The Balaban J connectivity index is 1.44. The fourth-order valence-corrected chi connectivity index (χ4v) is 3.40. The molecule has 3 rings (SSSR count). The summed E-state index contributed by atoms with van der Waals surface area (Å²) in [5.74, 6) is 0.957. The van der Waals surface area contributed by atoms with E-state index in [2.05, 4.69) is 10.3 Å². The molecule has 140 valence electrons. The van der Waals surface area contributed by atoms with Crippen molar-refractivity contribution in [2.45, 2.75) is 6.42 Å². The Morgan fingerprint density at radius 3 is 2.63 bits per heavy atom. The first-order valence-corrected chi connectivity index (χ1v) is 9.64. The predicted molar refractivity (Wildman–Crippen MR) is 108 cm³/mol. The summed E-state index contributed by atoms with van der Waals surface area (Å²) in [7, 11) is 1.56. The zero-order chi connectivity index (χ0) is 19.1. The molecule has 3 aromatic rings. The van der Waals surface area contributed by atoms with Crippen molar-refractivity contribution in [3.8, 4) is 22.1 Å². The largest absolute Gasteiger partial charge is 0.493 e. The molecule has 0 saturated heterocycles. The molecule has 1 aromatic heterocycles. The van der Waals surface area contributed by atoms with Gasteiger partial charge in [-0.15, -0.1) is 11.3 Å². The molecule has 0 unspecified atom stereocenters. The topological polar surface area (TPSA) is 60.5 Å². The van der Waals surface area contributed by atoms with Crippen LogP contribution >= 0.6 is 22.9 Å². The Bertz CT molecular complexity index is 896. The van der Waals surface area contributed by atoms with E-state index in [-0.39, 0.29) is 12.5 Å². The standard InChI is InChI=1S/C20H19ClN2O3S/c1-25-17-4-2-3-5-18(17)26-12-19(24)22-11-10-16-13-27-20(23-16)14-6-8-15(21)9-7-14/h2-9,13H,10-12H2,1H3,(H,22,24). The molecule has 0 bridgehead atoms. The molecule has 0 spiro atoms. The van der Waals surface area contributed by atoms with Gasteiger partial charge in [-0.3, -0.25) is 4.79 Å². The quantitative estimate of drug-likeness (QED) is 0.613. The number of methoxy groups -OCH3 is 1. The van der Waals surface area contributed by atoms with Crippen LogP contribution in [-0.2, 0) is 11.2 Å². The molecule has 0 aliphatic rings. The summed E-state index contributed by atoms with van der Waals surface area (Å²) < 4.78 is 10.7. The third kappa shape index (κ3) is 5.45. The van der Waals surface area contributed by atoms with Gasteiger partial charge in [0.2, 0.25) is 0 Å². The summed E-state index contributed by atoms with van der Waals surface area (Å²) in [6.07, 6.45) is 0.657. The molecule has 1 amide bonds. The van der Waals surface area contributed by atoms with Crippen LogP contribution in [0.25, 0.3) is 10.6 Å². The lowest BCUT2D eigenvalue weighted by Gasteiger charge is -2.10. The number of hydrogen-bond donors (Lipinski definition) is 1. The van der Waals surface area contributed by atoms with Crippen LogP contribution in [0.1, 0.15) is 5.69 Å². The van der Waals surface area contributed by atoms with Gasteiger partial charge in [0.25, 0.3) is 5.91 Å². The molecule has 0 aliphatic carbocycles. The Kier molecular flexibility index (Phi) is 6.68. The Morgan fingerprint density at radius 2 is 1.89 bits per heavy atom. The fraction of sp³-hybridized carbons (Fsp3) is 0.200. The van der Waals surface area contributed by atoms with Gasteiger partial charge in [0.05, 0.1) is 12.8 Å². The minimum atomic E-state index is -0.186. The third-order valence-electron chi connectivity index (χ3n) is 3.77. The summed E-state index contributed by atoms with van der Waals surface area (Å²) in [6.45, 7) is 0.436. The van der Waals surface area contributed by atoms with Crippen LogP contribution in [0, 0.1) is 0 Å². The van der Waals surface area contributed by atoms with Crippen molar-refractivity contribution in [3.05, 3.63) is 64.6 Å². The first-order valence-electron chi connectivity index (χ1n) is 8.38. The lowest BCUT2D eigenvalue weighted by atomic mass is 10.2. The van der Waals surface area contributed by atoms with Gasteiger partial charge in [0.15, 0.2) is 18.1 Å². The van der Waals surface area contributed by atoms with Gasteiger partial charge >= 0.3 is 0 Å². The van der Waals surface area contributed by atoms with Crippen LogP contribution in [0.5, 0.6) is 11.5 Å². The van der Waals surface area contributed by atoms with Gasteiger partial charge in [0, 0.05) is 28.9 Å². The zero-order valence-corrected chi connectivity index (χ0v) is 16.3. The number of halogens is 1. The van der Waals surface area contributed by atoms with Crippen molar-refractivity contribution in [2.75, 3.05) is 20.3 Å². The minimum Gasteiger partial charge on any atom is -0.493 e. The van der Waals surface area contributed by atoms with Gasteiger partial charge in [-0.25, -0.2) is 4.98 Å². The first-order chi connectivity index (χ1) is 13.2. The SMILES string of the molecule is COc1ccccc1OCC(=O)NCCc1csc(-c2ccc(Cl)cc2)n1. The van der Waals surface area contributed by atoms with Crippen LogP contribution in [0.4, 0.5) is 0 Å². The van der Waals surface area contributed by atoms with Crippen molar-refractivity contribution in [1.82, 2.24) is 10.3 Å². The second kappa shape index (κ2) is 9.39. The maximum Gasteiger partial charge on any atom is 0.257 e. The van der Waals surface area contributed by atoms with E-state index >= 15 is 0 Å². The summed E-state index contributed by atoms with van der Waals surface area (Å²) in [4.78, 5) is 16.6. The number of nitrogens with one attached hydrogen (secondary N) is 1. The molecule has 5 nitrogen and oxygen atoms in total. The van der Waals surface area contributed by atoms with E-state index in [9.17, 15) is 4.79 Å². The number of aromatic nitrogens is 1. The lowest BCUT2D eigenvalue weighted by Crippen LogP contribution is -2.30. The molecule has 27 heavy (non-hydrogen) atoms. The average molecular weight is 403 g/mol. The van der Waals surface area contributed by atoms with Gasteiger partial charge in [-0.2, -0.15) is 0 Å². The predicted octanol–water partition coefficient (Wildman–Crippen LogP) is 4.21. The van der Waals surface area contributed by atoms with Crippen molar-refractivity contribution >= 4 is 28.8 Å². The average Bonchev–Trinajstić information content (AvgIpc) is 3.16. The van der Waals surface area contributed by atoms with E-state index in [0.29, 0.717) is 29.5 Å². The highest BCUT2D eigenvalue weighted by Crippen LogP contribution is 2.26. The molecule has 1 heterocycles. The van der Waals surface area contributed by atoms with E-state index in [1.54, 1.807) is 30.6 Å². The normalized spacial score (nSPS) is 10.4. The summed E-state index contributed by atoms with van der Waals surface area (Å²) in [6, 6.07) is 14.8. The number of benzene rings is 2. The van der Waals surface area contributed by atoms with Crippen molar-refractivity contribution in [1.29, 1.82) is 0 Å². The third-order valence-corrected chi connectivity index (χ3v) is 4.97.